The van der Waals surface area contributed by atoms with E-state index < -0.39 is 11.6 Å². The number of carbonyl (C=O) groups is 2. The lowest BCUT2D eigenvalue weighted by Crippen LogP contribution is -2.27. The maximum absolute atomic E-state index is 13.4. The molecule has 0 aliphatic carbocycles. The van der Waals surface area contributed by atoms with Crippen molar-refractivity contribution in [2.24, 2.45) is 0 Å². The molecule has 1 aliphatic rings. The van der Waals surface area contributed by atoms with E-state index in [4.69, 9.17) is 33.2 Å². The minimum Gasteiger partial charge on any atom is -0.493 e. The Balaban J connectivity index is 1.91. The number of esters is 1. The molecule has 0 spiro atoms. The van der Waals surface area contributed by atoms with Crippen LogP contribution in [-0.4, -0.2) is 59.0 Å². The second-order valence-electron chi connectivity index (χ2n) is 8.59. The number of ketones is 1. The average Bonchev–Trinajstić information content (AvgIpc) is 2.82. The van der Waals surface area contributed by atoms with Crippen molar-refractivity contribution in [1.82, 2.24) is 0 Å². The molecule has 1 heterocycles. The van der Waals surface area contributed by atoms with Crippen molar-refractivity contribution in [3.8, 4) is 34.5 Å². The molecule has 0 N–H and O–H groups in total. The molecule has 3 rings (SSSR count). The monoisotopic (exact) mass is 486 g/mol. The Morgan fingerprint density at radius 3 is 2.23 bits per heavy atom. The fourth-order valence-electron chi connectivity index (χ4n) is 3.56. The molecule has 2 aromatic rings. The molecule has 0 bridgehead atoms. The summed E-state index contributed by atoms with van der Waals surface area (Å²) in [6.45, 7) is 5.09. The topological polar surface area (TPSA) is 98.8 Å². The van der Waals surface area contributed by atoms with Crippen LogP contribution in [0.3, 0.4) is 0 Å². The van der Waals surface area contributed by atoms with Gasteiger partial charge in [-0.15, -0.1) is 0 Å². The van der Waals surface area contributed by atoms with Crippen molar-refractivity contribution < 1.29 is 42.7 Å². The van der Waals surface area contributed by atoms with E-state index in [1.54, 1.807) is 51.1 Å². The third kappa shape index (κ3) is 5.79. The van der Waals surface area contributed by atoms with E-state index in [0.29, 0.717) is 39.9 Å². The van der Waals surface area contributed by atoms with Gasteiger partial charge in [-0.1, -0.05) is 6.07 Å². The highest BCUT2D eigenvalue weighted by molar-refractivity contribution is 6.16. The fraction of sp³-hybridized carbons (Fsp3) is 0.385. The number of fused-ring (bicyclic) bond motifs is 1. The Morgan fingerprint density at radius 2 is 1.63 bits per heavy atom. The zero-order valence-electron chi connectivity index (χ0n) is 21.0. The maximum atomic E-state index is 13.4. The van der Waals surface area contributed by atoms with E-state index in [-0.39, 0.29) is 30.3 Å². The number of carbonyl (C=O) groups excluding carboxylic acids is 2. The molecule has 0 aromatic heterocycles. The van der Waals surface area contributed by atoms with Crippen LogP contribution in [0.15, 0.2) is 29.8 Å². The summed E-state index contributed by atoms with van der Waals surface area (Å²) < 4.78 is 38.3. The van der Waals surface area contributed by atoms with Gasteiger partial charge in [0, 0.05) is 11.6 Å². The molecule has 1 aliphatic heterocycles. The lowest BCUT2D eigenvalue weighted by molar-refractivity contribution is -0.157. The molecule has 0 amide bonds. The molecule has 188 valence electrons. The van der Waals surface area contributed by atoms with Crippen molar-refractivity contribution in [2.45, 2.75) is 26.4 Å². The van der Waals surface area contributed by atoms with Crippen LogP contribution in [0, 0.1) is 0 Å². The zero-order valence-corrected chi connectivity index (χ0v) is 21.0. The molecule has 35 heavy (non-hydrogen) atoms. The Bertz CT molecular complexity index is 1140. The number of rotatable bonds is 8. The lowest BCUT2D eigenvalue weighted by Gasteiger charge is -2.23. The quantitative estimate of drug-likeness (QED) is 0.403. The van der Waals surface area contributed by atoms with E-state index in [1.165, 1.54) is 28.4 Å². The summed E-state index contributed by atoms with van der Waals surface area (Å²) in [6, 6.07) is 6.72. The second kappa shape index (κ2) is 10.6. The van der Waals surface area contributed by atoms with Crippen LogP contribution < -0.4 is 28.4 Å². The minimum absolute atomic E-state index is 0.0462. The van der Waals surface area contributed by atoms with E-state index in [2.05, 4.69) is 0 Å². The summed E-state index contributed by atoms with van der Waals surface area (Å²) >= 11 is 0. The molecule has 0 saturated carbocycles. The summed E-state index contributed by atoms with van der Waals surface area (Å²) in [5.41, 5.74) is 0.672. The Labute approximate surface area is 204 Å². The molecular formula is C26H30O9. The zero-order chi connectivity index (χ0) is 25.8. The second-order valence-corrected chi connectivity index (χ2v) is 8.59. The highest BCUT2D eigenvalue weighted by Crippen LogP contribution is 2.47. The summed E-state index contributed by atoms with van der Waals surface area (Å²) in [7, 11) is 5.90. The van der Waals surface area contributed by atoms with Gasteiger partial charge in [-0.2, -0.15) is 0 Å². The van der Waals surface area contributed by atoms with Crippen LogP contribution in [0.2, 0.25) is 0 Å². The van der Waals surface area contributed by atoms with Crippen LogP contribution in [0.4, 0.5) is 0 Å². The van der Waals surface area contributed by atoms with Crippen molar-refractivity contribution in [2.75, 3.05) is 41.7 Å². The normalized spacial score (nSPS) is 14.0. The first-order chi connectivity index (χ1) is 16.6. The van der Waals surface area contributed by atoms with Crippen molar-refractivity contribution >= 4 is 17.8 Å². The molecule has 0 saturated heterocycles. The van der Waals surface area contributed by atoms with E-state index in [9.17, 15) is 9.59 Å². The minimum atomic E-state index is -0.623. The Kier molecular flexibility index (Phi) is 7.78. The smallest absolute Gasteiger partial charge is 0.344 e. The van der Waals surface area contributed by atoms with Gasteiger partial charge in [-0.05, 0) is 44.5 Å². The van der Waals surface area contributed by atoms with Crippen LogP contribution >= 0.6 is 0 Å². The predicted octanol–water partition coefficient (Wildman–Crippen LogP) is 4.10. The van der Waals surface area contributed by atoms with Gasteiger partial charge in [0.1, 0.15) is 23.5 Å². The van der Waals surface area contributed by atoms with Crippen LogP contribution in [0.5, 0.6) is 34.5 Å². The molecule has 0 fully saturated rings. The third-order valence-corrected chi connectivity index (χ3v) is 4.99. The number of hydrogen-bond acceptors (Lipinski definition) is 9. The lowest BCUT2D eigenvalue weighted by atomic mass is 9.96. The van der Waals surface area contributed by atoms with Crippen LogP contribution in [0.25, 0.3) is 6.08 Å². The summed E-state index contributed by atoms with van der Waals surface area (Å²) in [5, 5.41) is 0. The highest BCUT2D eigenvalue weighted by Gasteiger charge is 2.32. The summed E-state index contributed by atoms with van der Waals surface area (Å²) in [5.74, 6) is 1.27. The van der Waals surface area contributed by atoms with Gasteiger partial charge in [-0.3, -0.25) is 4.79 Å². The number of ether oxygens (including phenoxy) is 7. The van der Waals surface area contributed by atoms with E-state index in [1.807, 2.05) is 0 Å². The summed E-state index contributed by atoms with van der Waals surface area (Å²) in [6.07, 6.45) is 1.68. The number of Topliss-reactive ketones (excluding diaryl/α,β-unsaturated/α-hetero) is 1. The van der Waals surface area contributed by atoms with Crippen molar-refractivity contribution in [3.63, 3.8) is 0 Å². The molecule has 9 heteroatoms. The number of hydrogen-bond donors (Lipinski definition) is 0. The van der Waals surface area contributed by atoms with E-state index in [0.717, 1.165) is 0 Å². The van der Waals surface area contributed by atoms with Gasteiger partial charge in [0.05, 0.1) is 28.4 Å². The average molecular weight is 487 g/mol. The molecule has 0 unspecified atom stereocenters. The van der Waals surface area contributed by atoms with Gasteiger partial charge in [-0.25, -0.2) is 4.79 Å². The van der Waals surface area contributed by atoms with Gasteiger partial charge < -0.3 is 33.2 Å². The largest absolute Gasteiger partial charge is 0.493 e. The van der Waals surface area contributed by atoms with Gasteiger partial charge in [0.2, 0.25) is 5.75 Å². The molecular weight excluding hydrogens is 456 g/mol. The van der Waals surface area contributed by atoms with Crippen LogP contribution in [-0.2, 0) is 9.53 Å². The highest BCUT2D eigenvalue weighted by atomic mass is 16.6. The number of benzene rings is 2. The first-order valence-corrected chi connectivity index (χ1v) is 10.9. The van der Waals surface area contributed by atoms with Crippen LogP contribution in [0.1, 0.15) is 36.7 Å². The molecule has 9 nitrogen and oxygen atoms in total. The molecule has 0 radical (unpaired) electrons. The molecule has 2 aromatic carbocycles. The first-order valence-electron chi connectivity index (χ1n) is 10.9. The van der Waals surface area contributed by atoms with Crippen molar-refractivity contribution in [1.29, 1.82) is 0 Å². The third-order valence-electron chi connectivity index (χ3n) is 4.99. The van der Waals surface area contributed by atoms with Gasteiger partial charge in [0.25, 0.3) is 0 Å². The standard InChI is InChI=1S/C26H30O9/c1-26(2,3)35-21(27)14-34-18-11-15(8-9-17(18)29-4)10-16-13-33-19-12-20(30-5)24(31-6)25(32-7)22(19)23(16)28/h8-12H,13-14H2,1-7H3. The Morgan fingerprint density at radius 1 is 0.943 bits per heavy atom. The number of methoxy groups -OCH3 is 4. The SMILES string of the molecule is COc1ccc(C=C2COc3cc(OC)c(OC)c(OC)c3C2=O)cc1OCC(=O)OC(C)(C)C. The first kappa shape index (κ1) is 25.7. The van der Waals surface area contributed by atoms with Crippen molar-refractivity contribution in [3.05, 3.63) is 41.0 Å². The van der Waals surface area contributed by atoms with Gasteiger partial charge >= 0.3 is 5.97 Å². The molecule has 0 atom stereocenters. The fourth-order valence-corrected chi connectivity index (χ4v) is 3.56. The predicted molar refractivity (Wildman–Crippen MR) is 128 cm³/mol. The van der Waals surface area contributed by atoms with Gasteiger partial charge in [0.15, 0.2) is 35.4 Å². The maximum Gasteiger partial charge on any atom is 0.344 e. The Hall–Kier alpha value is -3.88. The summed E-state index contributed by atoms with van der Waals surface area (Å²) in [4.78, 5) is 25.4. The van der Waals surface area contributed by atoms with E-state index >= 15 is 0 Å².